The third kappa shape index (κ3) is 3.64. The molecule has 0 aromatic carbocycles. The molecule has 12 heteroatoms. The van der Waals surface area contributed by atoms with Gasteiger partial charge in [-0.1, -0.05) is 20.8 Å². The predicted octanol–water partition coefficient (Wildman–Crippen LogP) is 0.224. The van der Waals surface area contributed by atoms with Gasteiger partial charge in [0.1, 0.15) is 34.9 Å². The molecule has 4 N–H and O–H groups in total. The lowest BCUT2D eigenvalue weighted by Gasteiger charge is -2.43. The number of ether oxygens (including phenoxy) is 2. The summed E-state index contributed by atoms with van der Waals surface area (Å²) in [6.45, 7) is 12.8. The number of fused-ring (bicyclic) bond motifs is 2. The second kappa shape index (κ2) is 7.50. The Labute approximate surface area is 201 Å². The van der Waals surface area contributed by atoms with Gasteiger partial charge in [0.25, 0.3) is 6.29 Å². The Morgan fingerprint density at radius 1 is 0.848 bits per heavy atom. The molecule has 0 radical (unpaired) electrons. The number of nitrogens with two attached hydrogens (primary N) is 2. The Hall–Kier alpha value is -1.50. The van der Waals surface area contributed by atoms with Crippen LogP contribution in [0.15, 0.2) is 0 Å². The molecule has 4 rings (SSSR count). The van der Waals surface area contributed by atoms with Gasteiger partial charge in [0, 0.05) is 14.9 Å². The van der Waals surface area contributed by atoms with Crippen molar-refractivity contribution >= 4 is 47.3 Å². The Morgan fingerprint density at radius 2 is 1.18 bits per heavy atom. The van der Waals surface area contributed by atoms with E-state index in [9.17, 15) is 19.2 Å². The van der Waals surface area contributed by atoms with Crippen molar-refractivity contribution in [2.75, 3.05) is 0 Å². The molecule has 184 valence electrons. The summed E-state index contributed by atoms with van der Waals surface area (Å²) in [7, 11) is 0. The summed E-state index contributed by atoms with van der Waals surface area (Å²) in [5.74, 6) is -1.90. The summed E-state index contributed by atoms with van der Waals surface area (Å²) < 4.78 is 10.2. The van der Waals surface area contributed by atoms with Crippen molar-refractivity contribution in [3.63, 3.8) is 0 Å². The zero-order valence-electron chi connectivity index (χ0n) is 19.9. The third-order valence-corrected chi connectivity index (χ3v) is 9.75. The van der Waals surface area contributed by atoms with Gasteiger partial charge in [-0.2, -0.15) is 0 Å². The van der Waals surface area contributed by atoms with Crippen LogP contribution in [0, 0.1) is 5.41 Å². The van der Waals surface area contributed by atoms with Gasteiger partial charge in [0.05, 0.1) is 0 Å². The average Bonchev–Trinajstić information content (AvgIpc) is 3.11. The summed E-state index contributed by atoms with van der Waals surface area (Å²) in [5, 5.41) is -0.564. The fourth-order valence-corrected chi connectivity index (χ4v) is 7.89. The first-order chi connectivity index (χ1) is 15.0. The number of thioether (sulfide) groups is 2. The van der Waals surface area contributed by atoms with Crippen LogP contribution in [0.25, 0.3) is 0 Å². The number of carbonyl (C=O) groups excluding carboxylic acids is 4. The molecule has 4 aliphatic heterocycles. The largest absolute Gasteiger partial charge is 0.423 e. The zero-order chi connectivity index (χ0) is 24.8. The maximum Gasteiger partial charge on any atom is 0.333 e. The first-order valence-corrected chi connectivity index (χ1v) is 12.7. The van der Waals surface area contributed by atoms with Crippen molar-refractivity contribution in [2.45, 2.75) is 99.2 Å². The molecule has 4 heterocycles. The number of amides is 2. The second-order valence-electron chi connectivity index (χ2n) is 11.1. The van der Waals surface area contributed by atoms with E-state index in [1.54, 1.807) is 20.8 Å². The number of β-lactam (4-membered cyclic amide) rings is 2. The smallest absolute Gasteiger partial charge is 0.333 e. The number of rotatable bonds is 4. The molecule has 0 unspecified atom stereocenters. The van der Waals surface area contributed by atoms with Crippen molar-refractivity contribution in [1.29, 1.82) is 0 Å². The molecule has 4 aliphatic rings. The minimum absolute atomic E-state index is 0.282. The lowest BCUT2D eigenvalue weighted by Crippen LogP contribution is -2.69. The monoisotopic (exact) mass is 500 g/mol. The molecule has 33 heavy (non-hydrogen) atoms. The quantitative estimate of drug-likeness (QED) is 0.312. The normalized spacial score (nSPS) is 36.2. The number of nitrogens with zero attached hydrogens (tertiary/aromatic N) is 2. The van der Waals surface area contributed by atoms with E-state index in [4.69, 9.17) is 20.9 Å². The highest BCUT2D eigenvalue weighted by molar-refractivity contribution is 8.02. The number of carbonyl (C=O) groups is 4. The number of esters is 2. The topological polar surface area (TPSA) is 145 Å². The average molecular weight is 501 g/mol. The van der Waals surface area contributed by atoms with Crippen LogP contribution < -0.4 is 11.5 Å². The standard InChI is InChI=1S/C21H32N4O6S2/c1-19(2,3)18(30-16(28)10-20(4,5)32-14-8(22)12(26)24(10)14)31-17(29)11-21(6,7)33-15-9(23)13(27)25(11)15/h8-11,14-15,18H,22-23H2,1-7H3/t8-,9-,10+,11+,14-,15-/m1/s1. The minimum atomic E-state index is -1.22. The Kier molecular flexibility index (Phi) is 5.59. The molecule has 0 spiro atoms. The van der Waals surface area contributed by atoms with Gasteiger partial charge < -0.3 is 30.7 Å². The summed E-state index contributed by atoms with van der Waals surface area (Å²) in [4.78, 5) is 54.1. The molecule has 0 bridgehead atoms. The molecule has 0 aromatic heterocycles. The summed E-state index contributed by atoms with van der Waals surface area (Å²) in [6.07, 6.45) is -1.22. The van der Waals surface area contributed by atoms with Crippen LogP contribution in [0.5, 0.6) is 0 Å². The van der Waals surface area contributed by atoms with Crippen molar-refractivity contribution in [3.8, 4) is 0 Å². The molecule has 10 nitrogen and oxygen atoms in total. The van der Waals surface area contributed by atoms with Crippen LogP contribution in [0.2, 0.25) is 0 Å². The zero-order valence-corrected chi connectivity index (χ0v) is 21.5. The van der Waals surface area contributed by atoms with Gasteiger partial charge >= 0.3 is 11.9 Å². The van der Waals surface area contributed by atoms with Gasteiger partial charge in [0.15, 0.2) is 0 Å². The van der Waals surface area contributed by atoms with Crippen molar-refractivity contribution < 1.29 is 28.7 Å². The Balaban J connectivity index is 1.52. The van der Waals surface area contributed by atoms with Crippen LogP contribution in [-0.4, -0.2) is 84.3 Å². The lowest BCUT2D eigenvalue weighted by molar-refractivity contribution is -0.216. The first kappa shape index (κ1) is 24.6. The fraction of sp³-hybridized carbons (Fsp3) is 0.810. The van der Waals surface area contributed by atoms with Gasteiger partial charge in [-0.15, -0.1) is 23.5 Å². The van der Waals surface area contributed by atoms with E-state index < -0.39 is 57.3 Å². The molecule has 0 aliphatic carbocycles. The van der Waals surface area contributed by atoms with E-state index in [1.165, 1.54) is 33.3 Å². The fourth-order valence-electron chi connectivity index (χ4n) is 4.76. The molecular weight excluding hydrogens is 468 g/mol. The summed E-state index contributed by atoms with van der Waals surface area (Å²) >= 11 is 2.91. The van der Waals surface area contributed by atoms with Gasteiger partial charge in [-0.25, -0.2) is 9.59 Å². The highest BCUT2D eigenvalue weighted by atomic mass is 32.2. The van der Waals surface area contributed by atoms with Gasteiger partial charge in [0.2, 0.25) is 11.8 Å². The lowest BCUT2D eigenvalue weighted by atomic mass is 9.93. The second-order valence-corrected chi connectivity index (χ2v) is 14.7. The van der Waals surface area contributed by atoms with E-state index in [0.717, 1.165) is 0 Å². The third-order valence-electron chi connectivity index (χ3n) is 6.56. The molecule has 4 fully saturated rings. The number of hydrogen-bond acceptors (Lipinski definition) is 10. The van der Waals surface area contributed by atoms with E-state index in [0.29, 0.717) is 0 Å². The summed E-state index contributed by atoms with van der Waals surface area (Å²) in [5.41, 5.74) is 11.0. The van der Waals surface area contributed by atoms with Crippen molar-refractivity contribution in [3.05, 3.63) is 0 Å². The summed E-state index contributed by atoms with van der Waals surface area (Å²) in [6, 6.07) is -2.97. The maximum absolute atomic E-state index is 13.3. The van der Waals surface area contributed by atoms with Crippen LogP contribution in [0.3, 0.4) is 0 Å². The van der Waals surface area contributed by atoms with Crippen LogP contribution in [0.1, 0.15) is 48.5 Å². The maximum atomic E-state index is 13.3. The molecular formula is C21H32N4O6S2. The minimum Gasteiger partial charge on any atom is -0.423 e. The molecule has 2 amide bonds. The number of hydrogen-bond donors (Lipinski definition) is 2. The van der Waals surface area contributed by atoms with E-state index >= 15 is 0 Å². The van der Waals surface area contributed by atoms with Crippen LogP contribution in [0.4, 0.5) is 0 Å². The van der Waals surface area contributed by atoms with Gasteiger partial charge in [-0.3, -0.25) is 9.59 Å². The van der Waals surface area contributed by atoms with Crippen molar-refractivity contribution in [1.82, 2.24) is 9.80 Å². The predicted molar refractivity (Wildman–Crippen MR) is 124 cm³/mol. The highest BCUT2D eigenvalue weighted by Crippen LogP contribution is 2.52. The van der Waals surface area contributed by atoms with E-state index in [2.05, 4.69) is 0 Å². The highest BCUT2D eigenvalue weighted by Gasteiger charge is 2.65. The van der Waals surface area contributed by atoms with Gasteiger partial charge in [-0.05, 0) is 27.7 Å². The SMILES string of the molecule is CC(C)(C)C(OC(=O)[C@@H]1N2C(=O)[C@@H](N)[C@H]2SC1(C)C)OC(=O)[C@@H]1N2C(=O)[C@@H](N)[C@H]2SC1(C)C. The van der Waals surface area contributed by atoms with E-state index in [1.807, 2.05) is 27.7 Å². The van der Waals surface area contributed by atoms with E-state index in [-0.39, 0.29) is 22.6 Å². The Bertz CT molecular complexity index is 853. The molecule has 6 atom stereocenters. The van der Waals surface area contributed by atoms with Crippen molar-refractivity contribution in [2.24, 2.45) is 16.9 Å². The Morgan fingerprint density at radius 3 is 1.48 bits per heavy atom. The molecule has 0 saturated carbocycles. The van der Waals surface area contributed by atoms with Crippen LogP contribution >= 0.6 is 23.5 Å². The molecule has 4 saturated heterocycles. The van der Waals surface area contributed by atoms with Crippen LogP contribution in [-0.2, 0) is 28.7 Å². The first-order valence-electron chi connectivity index (χ1n) is 10.9. The molecule has 0 aromatic rings.